The third-order valence-corrected chi connectivity index (χ3v) is 3.08. The average molecular weight is 214 g/mol. The van der Waals surface area contributed by atoms with Crippen molar-refractivity contribution in [2.45, 2.75) is 51.0 Å². The monoisotopic (exact) mass is 214 g/mol. The molecule has 0 aromatic carbocycles. The minimum Gasteiger partial charge on any atom is -0.359 e. The summed E-state index contributed by atoms with van der Waals surface area (Å²) in [7, 11) is 1.62. The third kappa shape index (κ3) is 4.76. The van der Waals surface area contributed by atoms with Crippen molar-refractivity contribution in [2.75, 3.05) is 13.9 Å². The van der Waals surface area contributed by atoms with Gasteiger partial charge < -0.3 is 14.3 Å². The van der Waals surface area contributed by atoms with Gasteiger partial charge in [0.1, 0.15) is 13.1 Å². The third-order valence-electron chi connectivity index (χ3n) is 3.08. The average Bonchev–Trinajstić information content (AvgIpc) is 2.37. The minimum absolute atomic E-state index is 0.0678. The highest BCUT2D eigenvalue weighted by Gasteiger charge is 2.22. The second kappa shape index (κ2) is 7.83. The van der Waals surface area contributed by atoms with E-state index in [1.807, 2.05) is 0 Å². The number of hydrogen-bond acceptors (Lipinski definition) is 3. The van der Waals surface area contributed by atoms with Crippen LogP contribution in [0.25, 0.3) is 0 Å². The van der Waals surface area contributed by atoms with Crippen LogP contribution in [-0.4, -0.2) is 26.3 Å². The number of carbonyl (C=O) groups is 1. The summed E-state index contributed by atoms with van der Waals surface area (Å²) in [5.41, 5.74) is 0. The van der Waals surface area contributed by atoms with Crippen LogP contribution >= 0.6 is 0 Å². The Morgan fingerprint density at radius 2 is 1.80 bits per heavy atom. The second-order valence-corrected chi connectivity index (χ2v) is 4.26. The molecule has 0 spiro atoms. The van der Waals surface area contributed by atoms with Gasteiger partial charge in [-0.25, -0.2) is 0 Å². The number of hydrogen-bond donors (Lipinski definition) is 0. The first kappa shape index (κ1) is 12.7. The molecule has 2 unspecified atom stereocenters. The Balaban J connectivity index is 2.45. The largest absolute Gasteiger partial charge is 0.359 e. The van der Waals surface area contributed by atoms with Gasteiger partial charge in [0, 0.05) is 13.0 Å². The maximum atomic E-state index is 11.0. The molecule has 0 heterocycles. The van der Waals surface area contributed by atoms with Gasteiger partial charge in [-0.2, -0.15) is 0 Å². The Morgan fingerprint density at radius 1 is 1.13 bits per heavy atom. The van der Waals surface area contributed by atoms with E-state index in [1.165, 1.54) is 25.7 Å². The van der Waals surface area contributed by atoms with E-state index >= 15 is 0 Å². The lowest BCUT2D eigenvalue weighted by molar-refractivity contribution is -0.125. The minimum atomic E-state index is 0.0678. The zero-order chi connectivity index (χ0) is 10.9. The van der Waals surface area contributed by atoms with Crippen LogP contribution in [-0.2, 0) is 14.3 Å². The molecule has 1 fully saturated rings. The first-order valence-corrected chi connectivity index (χ1v) is 5.94. The van der Waals surface area contributed by atoms with E-state index < -0.39 is 0 Å². The summed E-state index contributed by atoms with van der Waals surface area (Å²) in [6, 6.07) is 0. The Hall–Kier alpha value is -0.410. The van der Waals surface area contributed by atoms with Crippen LogP contribution in [0.1, 0.15) is 44.9 Å². The fourth-order valence-corrected chi connectivity index (χ4v) is 2.17. The SMILES string of the molecule is COCOC1CCCCCCCC1C=O. The van der Waals surface area contributed by atoms with Crippen LogP contribution in [0.15, 0.2) is 0 Å². The molecule has 1 aliphatic carbocycles. The fraction of sp³-hybridized carbons (Fsp3) is 0.917. The molecule has 2 atom stereocenters. The predicted molar refractivity (Wildman–Crippen MR) is 58.6 cm³/mol. The Morgan fingerprint density at radius 3 is 2.47 bits per heavy atom. The van der Waals surface area contributed by atoms with Crippen LogP contribution in [0.4, 0.5) is 0 Å². The van der Waals surface area contributed by atoms with Crippen LogP contribution < -0.4 is 0 Å². The molecule has 1 saturated carbocycles. The standard InChI is InChI=1S/C12H22O3/c1-14-10-15-12-8-6-4-2-3-5-7-11(12)9-13/h9,11-12H,2-8,10H2,1H3. The fourth-order valence-electron chi connectivity index (χ4n) is 2.17. The molecule has 3 heteroatoms. The topological polar surface area (TPSA) is 35.5 Å². The Bertz CT molecular complexity index is 170. The van der Waals surface area contributed by atoms with Crippen molar-refractivity contribution < 1.29 is 14.3 Å². The van der Waals surface area contributed by atoms with E-state index in [-0.39, 0.29) is 12.0 Å². The molecular formula is C12H22O3. The molecule has 0 saturated heterocycles. The van der Waals surface area contributed by atoms with Gasteiger partial charge in [-0.15, -0.1) is 0 Å². The van der Waals surface area contributed by atoms with Crippen LogP contribution in [0, 0.1) is 5.92 Å². The molecule has 1 aliphatic rings. The van der Waals surface area contributed by atoms with Crippen molar-refractivity contribution >= 4 is 6.29 Å². The number of rotatable bonds is 4. The summed E-state index contributed by atoms with van der Waals surface area (Å²) in [6.45, 7) is 0.301. The van der Waals surface area contributed by atoms with Gasteiger partial charge in [0.05, 0.1) is 6.10 Å². The Kier molecular flexibility index (Phi) is 6.60. The van der Waals surface area contributed by atoms with E-state index in [0.29, 0.717) is 6.79 Å². The van der Waals surface area contributed by atoms with E-state index in [9.17, 15) is 4.79 Å². The second-order valence-electron chi connectivity index (χ2n) is 4.26. The van der Waals surface area contributed by atoms with E-state index in [0.717, 1.165) is 25.5 Å². The first-order chi connectivity index (χ1) is 7.38. The normalized spacial score (nSPS) is 28.9. The molecule has 88 valence electrons. The number of aldehydes is 1. The van der Waals surface area contributed by atoms with Gasteiger partial charge in [-0.3, -0.25) is 0 Å². The maximum absolute atomic E-state index is 11.0. The molecule has 0 bridgehead atoms. The molecule has 0 N–H and O–H groups in total. The van der Waals surface area contributed by atoms with Crippen molar-refractivity contribution in [1.29, 1.82) is 0 Å². The quantitative estimate of drug-likeness (QED) is 0.533. The highest BCUT2D eigenvalue weighted by Crippen LogP contribution is 2.23. The summed E-state index contributed by atoms with van der Waals surface area (Å²) in [6.07, 6.45) is 9.22. The molecule has 0 aliphatic heterocycles. The highest BCUT2D eigenvalue weighted by atomic mass is 16.7. The number of carbonyl (C=O) groups excluding carboxylic acids is 1. The summed E-state index contributed by atoms with van der Waals surface area (Å²) in [5.74, 6) is 0.0678. The van der Waals surface area contributed by atoms with Gasteiger partial charge >= 0.3 is 0 Å². The molecule has 0 aromatic heterocycles. The lowest BCUT2D eigenvalue weighted by Gasteiger charge is -2.22. The zero-order valence-corrected chi connectivity index (χ0v) is 9.61. The van der Waals surface area contributed by atoms with Crippen LogP contribution in [0.5, 0.6) is 0 Å². The van der Waals surface area contributed by atoms with Gasteiger partial charge in [0.25, 0.3) is 0 Å². The molecule has 1 rings (SSSR count). The molecular weight excluding hydrogens is 192 g/mol. The van der Waals surface area contributed by atoms with Crippen molar-refractivity contribution in [3.63, 3.8) is 0 Å². The lowest BCUT2D eigenvalue weighted by atomic mass is 9.95. The summed E-state index contributed by atoms with van der Waals surface area (Å²) in [5, 5.41) is 0. The van der Waals surface area contributed by atoms with Crippen molar-refractivity contribution in [1.82, 2.24) is 0 Å². The lowest BCUT2D eigenvalue weighted by Crippen LogP contribution is -2.26. The smallest absolute Gasteiger partial charge is 0.146 e. The number of methoxy groups -OCH3 is 1. The molecule has 15 heavy (non-hydrogen) atoms. The summed E-state index contributed by atoms with van der Waals surface area (Å²) < 4.78 is 10.5. The van der Waals surface area contributed by atoms with Gasteiger partial charge in [0.15, 0.2) is 0 Å². The van der Waals surface area contributed by atoms with E-state index in [2.05, 4.69) is 0 Å². The van der Waals surface area contributed by atoms with Gasteiger partial charge in [0.2, 0.25) is 0 Å². The maximum Gasteiger partial charge on any atom is 0.146 e. The zero-order valence-electron chi connectivity index (χ0n) is 9.61. The van der Waals surface area contributed by atoms with Gasteiger partial charge in [-0.1, -0.05) is 32.1 Å². The predicted octanol–water partition coefficient (Wildman–Crippen LogP) is 2.53. The van der Waals surface area contributed by atoms with Crippen molar-refractivity contribution in [3.8, 4) is 0 Å². The highest BCUT2D eigenvalue weighted by molar-refractivity contribution is 5.54. The Labute approximate surface area is 92.1 Å². The van der Waals surface area contributed by atoms with E-state index in [4.69, 9.17) is 9.47 Å². The molecule has 0 aromatic rings. The first-order valence-electron chi connectivity index (χ1n) is 5.94. The number of ether oxygens (including phenoxy) is 2. The summed E-state index contributed by atoms with van der Waals surface area (Å²) in [4.78, 5) is 11.0. The summed E-state index contributed by atoms with van der Waals surface area (Å²) >= 11 is 0. The van der Waals surface area contributed by atoms with Crippen LogP contribution in [0.3, 0.4) is 0 Å². The van der Waals surface area contributed by atoms with Crippen molar-refractivity contribution in [3.05, 3.63) is 0 Å². The van der Waals surface area contributed by atoms with E-state index in [1.54, 1.807) is 7.11 Å². The van der Waals surface area contributed by atoms with Crippen LogP contribution in [0.2, 0.25) is 0 Å². The molecule has 0 radical (unpaired) electrons. The molecule has 0 amide bonds. The molecule has 3 nitrogen and oxygen atoms in total. The van der Waals surface area contributed by atoms with Gasteiger partial charge in [-0.05, 0) is 12.8 Å². The van der Waals surface area contributed by atoms with Crippen molar-refractivity contribution in [2.24, 2.45) is 5.92 Å².